The van der Waals surface area contributed by atoms with E-state index in [4.69, 9.17) is 10.5 Å². The average molecular weight is 254 g/mol. The number of ether oxygens (including phenoxy) is 1. The zero-order valence-corrected chi connectivity index (χ0v) is 11.2. The van der Waals surface area contributed by atoms with Crippen molar-refractivity contribution in [3.63, 3.8) is 0 Å². The van der Waals surface area contributed by atoms with Gasteiger partial charge in [-0.25, -0.2) is 0 Å². The molecule has 2 aliphatic rings. The van der Waals surface area contributed by atoms with Gasteiger partial charge in [-0.05, 0) is 31.6 Å². The maximum Gasteiger partial charge on any atom is 0.224 e. The van der Waals surface area contributed by atoms with Gasteiger partial charge in [-0.1, -0.05) is 19.3 Å². The first kappa shape index (κ1) is 13.8. The first-order valence-electron chi connectivity index (χ1n) is 7.38. The number of hydrogen-bond acceptors (Lipinski definition) is 3. The van der Waals surface area contributed by atoms with Crippen molar-refractivity contribution in [3.05, 3.63) is 0 Å². The molecule has 1 amide bonds. The number of carbonyl (C=O) groups excluding carboxylic acids is 1. The van der Waals surface area contributed by atoms with Gasteiger partial charge < -0.3 is 15.8 Å². The highest BCUT2D eigenvalue weighted by molar-refractivity contribution is 5.79. The Hall–Kier alpha value is -0.610. The molecule has 104 valence electrons. The van der Waals surface area contributed by atoms with Crippen LogP contribution in [0.5, 0.6) is 0 Å². The molecule has 0 bridgehead atoms. The van der Waals surface area contributed by atoms with Gasteiger partial charge in [0, 0.05) is 19.2 Å². The fourth-order valence-corrected chi connectivity index (χ4v) is 3.01. The third-order valence-corrected chi connectivity index (χ3v) is 4.23. The highest BCUT2D eigenvalue weighted by atomic mass is 16.5. The Balaban J connectivity index is 1.75. The first-order valence-corrected chi connectivity index (χ1v) is 7.38. The van der Waals surface area contributed by atoms with E-state index in [9.17, 15) is 4.79 Å². The predicted octanol–water partition coefficient (Wildman–Crippen LogP) is 1.44. The number of nitrogens with two attached hydrogens (primary N) is 1. The molecule has 0 spiro atoms. The highest BCUT2D eigenvalue weighted by Gasteiger charge is 2.27. The molecule has 1 aliphatic carbocycles. The van der Waals surface area contributed by atoms with Crippen LogP contribution in [0.25, 0.3) is 0 Å². The number of carbonyl (C=O) groups is 1. The minimum atomic E-state index is 0.0250. The monoisotopic (exact) mass is 254 g/mol. The fraction of sp³-hybridized carbons (Fsp3) is 0.929. The van der Waals surface area contributed by atoms with E-state index in [2.05, 4.69) is 5.32 Å². The van der Waals surface area contributed by atoms with Crippen molar-refractivity contribution < 1.29 is 9.53 Å². The Bertz CT molecular complexity index is 265. The molecule has 0 radical (unpaired) electrons. The van der Waals surface area contributed by atoms with E-state index < -0.39 is 0 Å². The summed E-state index contributed by atoms with van der Waals surface area (Å²) in [7, 11) is 0. The molecule has 3 N–H and O–H groups in total. The van der Waals surface area contributed by atoms with Crippen LogP contribution in [0.2, 0.25) is 0 Å². The molecule has 1 saturated heterocycles. The van der Waals surface area contributed by atoms with Gasteiger partial charge in [0.05, 0.1) is 12.5 Å². The number of rotatable bonds is 3. The number of amides is 1. The highest BCUT2D eigenvalue weighted by Crippen LogP contribution is 2.22. The van der Waals surface area contributed by atoms with Gasteiger partial charge in [-0.3, -0.25) is 4.79 Å². The molecule has 4 nitrogen and oxygen atoms in total. The van der Waals surface area contributed by atoms with Crippen LogP contribution in [0, 0.1) is 11.8 Å². The molecule has 18 heavy (non-hydrogen) atoms. The molecular weight excluding hydrogens is 228 g/mol. The van der Waals surface area contributed by atoms with Crippen LogP contribution in [0.15, 0.2) is 0 Å². The van der Waals surface area contributed by atoms with Gasteiger partial charge in [0.15, 0.2) is 0 Å². The summed E-state index contributed by atoms with van der Waals surface area (Å²) in [6.45, 7) is 2.41. The second kappa shape index (κ2) is 7.10. The second-order valence-electron chi connectivity index (χ2n) is 5.74. The molecule has 0 aromatic heterocycles. The van der Waals surface area contributed by atoms with Crippen LogP contribution in [0.4, 0.5) is 0 Å². The van der Waals surface area contributed by atoms with E-state index in [1.54, 1.807) is 0 Å². The minimum Gasteiger partial charge on any atom is -0.381 e. The van der Waals surface area contributed by atoms with Gasteiger partial charge >= 0.3 is 0 Å². The molecule has 2 fully saturated rings. The van der Waals surface area contributed by atoms with Crippen LogP contribution in [-0.4, -0.2) is 31.7 Å². The molecule has 1 saturated carbocycles. The molecule has 2 rings (SSSR count). The summed E-state index contributed by atoms with van der Waals surface area (Å²) in [6, 6.07) is 0.0510. The lowest BCUT2D eigenvalue weighted by Gasteiger charge is -2.25. The standard InChI is InChI=1S/C14H26N2O2/c15-13-7-3-1-2-6-12(13)14(17)16-9-11-5-4-8-18-10-11/h11-13H,1-10,15H2,(H,16,17). The van der Waals surface area contributed by atoms with Gasteiger partial charge in [0.1, 0.15) is 0 Å². The molecule has 4 heteroatoms. The van der Waals surface area contributed by atoms with Crippen LogP contribution in [0.3, 0.4) is 0 Å². The van der Waals surface area contributed by atoms with Crippen LogP contribution < -0.4 is 11.1 Å². The van der Waals surface area contributed by atoms with Crippen LogP contribution in [-0.2, 0) is 9.53 Å². The number of nitrogens with one attached hydrogen (secondary N) is 1. The lowest BCUT2D eigenvalue weighted by atomic mass is 9.94. The fourth-order valence-electron chi connectivity index (χ4n) is 3.01. The first-order chi connectivity index (χ1) is 8.77. The Morgan fingerprint density at radius 3 is 2.78 bits per heavy atom. The Labute approximate surface area is 110 Å². The molecular formula is C14H26N2O2. The lowest BCUT2D eigenvalue weighted by Crippen LogP contribution is -2.43. The third-order valence-electron chi connectivity index (χ3n) is 4.23. The third kappa shape index (κ3) is 3.95. The van der Waals surface area contributed by atoms with Crippen molar-refractivity contribution in [2.45, 2.75) is 51.0 Å². The minimum absolute atomic E-state index is 0.0250. The van der Waals surface area contributed by atoms with Crippen molar-refractivity contribution in [1.29, 1.82) is 0 Å². The normalized spacial score (nSPS) is 33.7. The molecule has 3 atom stereocenters. The Morgan fingerprint density at radius 2 is 2.00 bits per heavy atom. The zero-order chi connectivity index (χ0) is 12.8. The molecule has 1 heterocycles. The van der Waals surface area contributed by atoms with E-state index >= 15 is 0 Å². The molecule has 0 aromatic carbocycles. The van der Waals surface area contributed by atoms with Gasteiger partial charge in [0.25, 0.3) is 0 Å². The maximum atomic E-state index is 12.2. The molecule has 1 aliphatic heterocycles. The summed E-state index contributed by atoms with van der Waals surface area (Å²) < 4.78 is 5.42. The smallest absolute Gasteiger partial charge is 0.224 e. The molecule has 0 aromatic rings. The summed E-state index contributed by atoms with van der Waals surface area (Å²) in [6.07, 6.45) is 7.74. The summed E-state index contributed by atoms with van der Waals surface area (Å²) >= 11 is 0. The maximum absolute atomic E-state index is 12.2. The second-order valence-corrected chi connectivity index (χ2v) is 5.74. The van der Waals surface area contributed by atoms with Crippen molar-refractivity contribution in [3.8, 4) is 0 Å². The van der Waals surface area contributed by atoms with Gasteiger partial charge in [0.2, 0.25) is 5.91 Å². The van der Waals surface area contributed by atoms with E-state index in [0.717, 1.165) is 51.9 Å². The van der Waals surface area contributed by atoms with E-state index in [1.165, 1.54) is 12.8 Å². The molecule has 3 unspecified atom stereocenters. The quantitative estimate of drug-likeness (QED) is 0.749. The Morgan fingerprint density at radius 1 is 1.17 bits per heavy atom. The van der Waals surface area contributed by atoms with E-state index in [0.29, 0.717) is 5.92 Å². The summed E-state index contributed by atoms with van der Waals surface area (Å²) in [5.41, 5.74) is 6.10. The lowest BCUT2D eigenvalue weighted by molar-refractivity contribution is -0.126. The van der Waals surface area contributed by atoms with Crippen LogP contribution in [0.1, 0.15) is 44.9 Å². The summed E-state index contributed by atoms with van der Waals surface area (Å²) in [5, 5.41) is 3.08. The summed E-state index contributed by atoms with van der Waals surface area (Å²) in [5.74, 6) is 0.677. The van der Waals surface area contributed by atoms with Crippen molar-refractivity contribution in [2.75, 3.05) is 19.8 Å². The summed E-state index contributed by atoms with van der Waals surface area (Å²) in [4.78, 5) is 12.2. The van der Waals surface area contributed by atoms with Crippen molar-refractivity contribution in [1.82, 2.24) is 5.32 Å². The van der Waals surface area contributed by atoms with E-state index in [1.807, 2.05) is 0 Å². The van der Waals surface area contributed by atoms with Gasteiger partial charge in [-0.2, -0.15) is 0 Å². The predicted molar refractivity (Wildman–Crippen MR) is 71.1 cm³/mol. The van der Waals surface area contributed by atoms with Crippen LogP contribution >= 0.6 is 0 Å². The number of hydrogen-bond donors (Lipinski definition) is 2. The zero-order valence-electron chi connectivity index (χ0n) is 11.2. The topological polar surface area (TPSA) is 64.4 Å². The Kier molecular flexibility index (Phi) is 5.45. The SMILES string of the molecule is NC1CCCCCC1C(=O)NCC1CCCOC1. The average Bonchev–Trinajstić information content (AvgIpc) is 2.62. The largest absolute Gasteiger partial charge is 0.381 e. The van der Waals surface area contributed by atoms with Crippen molar-refractivity contribution in [2.24, 2.45) is 17.6 Å². The van der Waals surface area contributed by atoms with Crippen molar-refractivity contribution >= 4 is 5.91 Å². The van der Waals surface area contributed by atoms with Gasteiger partial charge in [-0.15, -0.1) is 0 Å². The van der Waals surface area contributed by atoms with E-state index in [-0.39, 0.29) is 17.9 Å².